The van der Waals surface area contributed by atoms with Crippen LogP contribution in [0.25, 0.3) is 0 Å². The maximum atomic E-state index is 11.6. The molecule has 0 bridgehead atoms. The number of hydrogen-bond donors (Lipinski definition) is 3. The molecule has 0 fully saturated rings. The molecule has 0 radical (unpaired) electrons. The molecule has 17 heavy (non-hydrogen) atoms. The monoisotopic (exact) mass is 231 g/mol. The summed E-state index contributed by atoms with van der Waals surface area (Å²) in [5.74, 6) is -0.462. The number of phenols is 1. The Kier molecular flexibility index (Phi) is 4.58. The molecule has 0 spiro atoms. The molecule has 3 N–H and O–H groups in total. The Labute approximate surface area is 99.4 Å². The van der Waals surface area contributed by atoms with Crippen molar-refractivity contribution in [2.24, 2.45) is 0 Å². The van der Waals surface area contributed by atoms with Crippen LogP contribution in [0.3, 0.4) is 0 Å². The van der Waals surface area contributed by atoms with Crippen molar-refractivity contribution in [3.8, 4) is 11.8 Å². The molecule has 1 aromatic carbocycles. The second kappa shape index (κ2) is 6.18. The largest absolute Gasteiger partial charge is 0.508 e. The maximum absolute atomic E-state index is 11.6. The molecule has 88 valence electrons. The molecular formula is C12H13N3O2. The van der Waals surface area contributed by atoms with E-state index in [4.69, 9.17) is 5.26 Å². The average Bonchev–Trinajstić information content (AvgIpc) is 2.30. The first-order valence-electron chi connectivity index (χ1n) is 5.11. The van der Waals surface area contributed by atoms with Crippen LogP contribution < -0.4 is 10.6 Å². The van der Waals surface area contributed by atoms with Crippen molar-refractivity contribution in [1.82, 2.24) is 5.32 Å². The van der Waals surface area contributed by atoms with Gasteiger partial charge in [-0.3, -0.25) is 4.79 Å². The lowest BCUT2D eigenvalue weighted by Crippen LogP contribution is -2.16. The van der Waals surface area contributed by atoms with Crippen LogP contribution in [0.5, 0.6) is 5.75 Å². The van der Waals surface area contributed by atoms with E-state index in [1.54, 1.807) is 18.2 Å². The smallest absolute Gasteiger partial charge is 0.267 e. The van der Waals surface area contributed by atoms with E-state index in [1.807, 2.05) is 6.92 Å². The fourth-order valence-electron chi connectivity index (χ4n) is 1.13. The van der Waals surface area contributed by atoms with Crippen molar-refractivity contribution in [3.63, 3.8) is 0 Å². The summed E-state index contributed by atoms with van der Waals surface area (Å²) >= 11 is 0. The highest BCUT2D eigenvalue weighted by molar-refractivity contribution is 6.06. The van der Waals surface area contributed by atoms with Gasteiger partial charge in [-0.05, 0) is 19.1 Å². The lowest BCUT2D eigenvalue weighted by atomic mass is 10.2. The predicted octanol–water partition coefficient (Wildman–Crippen LogP) is 1.35. The first-order valence-corrected chi connectivity index (χ1v) is 5.11. The van der Waals surface area contributed by atoms with Crippen molar-refractivity contribution in [2.75, 3.05) is 11.9 Å². The molecule has 0 saturated carbocycles. The molecule has 5 heteroatoms. The van der Waals surface area contributed by atoms with Crippen LogP contribution in [-0.4, -0.2) is 17.6 Å². The summed E-state index contributed by atoms with van der Waals surface area (Å²) in [4.78, 5) is 11.6. The van der Waals surface area contributed by atoms with Crippen molar-refractivity contribution >= 4 is 11.6 Å². The fourth-order valence-corrected chi connectivity index (χ4v) is 1.13. The van der Waals surface area contributed by atoms with Crippen molar-refractivity contribution in [1.29, 1.82) is 5.26 Å². The summed E-state index contributed by atoms with van der Waals surface area (Å²) in [6, 6.07) is 7.92. The van der Waals surface area contributed by atoms with Gasteiger partial charge in [-0.2, -0.15) is 5.26 Å². The van der Waals surface area contributed by atoms with Gasteiger partial charge in [0.1, 0.15) is 17.4 Å². The normalized spacial score (nSPS) is 10.5. The van der Waals surface area contributed by atoms with Gasteiger partial charge in [0.25, 0.3) is 5.91 Å². The molecule has 1 aromatic rings. The Hall–Kier alpha value is -2.48. The highest BCUT2D eigenvalue weighted by Crippen LogP contribution is 2.15. The molecule has 0 atom stereocenters. The summed E-state index contributed by atoms with van der Waals surface area (Å²) in [5, 5.41) is 23.3. The van der Waals surface area contributed by atoms with Crippen molar-refractivity contribution in [2.45, 2.75) is 6.92 Å². The Bertz CT molecular complexity index is 475. The van der Waals surface area contributed by atoms with Gasteiger partial charge in [0.05, 0.1) is 0 Å². The average molecular weight is 231 g/mol. The van der Waals surface area contributed by atoms with Gasteiger partial charge in [-0.15, -0.1) is 0 Å². The molecule has 5 nitrogen and oxygen atoms in total. The number of nitrogens with zero attached hydrogens (tertiary/aromatic N) is 1. The Morgan fingerprint density at radius 1 is 1.59 bits per heavy atom. The van der Waals surface area contributed by atoms with Crippen LogP contribution in [0.1, 0.15) is 6.92 Å². The van der Waals surface area contributed by atoms with E-state index >= 15 is 0 Å². The number of rotatable bonds is 4. The first-order chi connectivity index (χ1) is 8.17. The third-order valence-electron chi connectivity index (χ3n) is 1.92. The van der Waals surface area contributed by atoms with Crippen LogP contribution >= 0.6 is 0 Å². The second-order valence-corrected chi connectivity index (χ2v) is 3.23. The number of phenolic OH excluding ortho intramolecular Hbond substituents is 1. The number of carbonyl (C=O) groups is 1. The molecule has 0 aromatic heterocycles. The summed E-state index contributed by atoms with van der Waals surface area (Å²) < 4.78 is 0. The first kappa shape index (κ1) is 12.6. The topological polar surface area (TPSA) is 85.2 Å². The van der Waals surface area contributed by atoms with Crippen molar-refractivity contribution in [3.05, 3.63) is 36.0 Å². The van der Waals surface area contributed by atoms with Gasteiger partial charge in [0.2, 0.25) is 0 Å². The quantitative estimate of drug-likeness (QED) is 0.539. The van der Waals surface area contributed by atoms with Gasteiger partial charge >= 0.3 is 0 Å². The number of carbonyl (C=O) groups excluding carboxylic acids is 1. The van der Waals surface area contributed by atoms with E-state index in [-0.39, 0.29) is 11.3 Å². The summed E-state index contributed by atoms with van der Waals surface area (Å²) in [7, 11) is 0. The predicted molar refractivity (Wildman–Crippen MR) is 64.1 cm³/mol. The van der Waals surface area contributed by atoms with Crippen LogP contribution in [0.15, 0.2) is 36.0 Å². The van der Waals surface area contributed by atoms with E-state index in [9.17, 15) is 9.90 Å². The van der Waals surface area contributed by atoms with E-state index in [0.29, 0.717) is 12.2 Å². The highest BCUT2D eigenvalue weighted by Gasteiger charge is 2.08. The van der Waals surface area contributed by atoms with E-state index in [2.05, 4.69) is 10.6 Å². The standard InChI is InChI=1S/C12H13N3O2/c1-2-14-8-9(7-13)12(17)15-10-4-3-5-11(16)6-10/h3-6,8,14,16H,2H2,1H3,(H,15,17)/b9-8-. The maximum Gasteiger partial charge on any atom is 0.267 e. The highest BCUT2D eigenvalue weighted by atomic mass is 16.3. The van der Waals surface area contributed by atoms with Gasteiger partial charge in [0, 0.05) is 24.5 Å². The van der Waals surface area contributed by atoms with Crippen molar-refractivity contribution < 1.29 is 9.90 Å². The minimum Gasteiger partial charge on any atom is -0.508 e. The lowest BCUT2D eigenvalue weighted by Gasteiger charge is -2.04. The summed E-state index contributed by atoms with van der Waals surface area (Å²) in [6.45, 7) is 2.49. The number of hydrogen-bond acceptors (Lipinski definition) is 4. The lowest BCUT2D eigenvalue weighted by molar-refractivity contribution is -0.112. The zero-order chi connectivity index (χ0) is 12.7. The fraction of sp³-hybridized carbons (Fsp3) is 0.167. The van der Waals surface area contributed by atoms with Crippen LogP contribution in [0.2, 0.25) is 0 Å². The number of nitriles is 1. The van der Waals surface area contributed by atoms with E-state index in [0.717, 1.165) is 0 Å². The molecule has 0 aliphatic carbocycles. The third-order valence-corrected chi connectivity index (χ3v) is 1.92. The Morgan fingerprint density at radius 3 is 2.94 bits per heavy atom. The van der Waals surface area contributed by atoms with Crippen LogP contribution in [0, 0.1) is 11.3 Å². The number of benzene rings is 1. The molecule has 1 amide bonds. The number of anilines is 1. The third kappa shape index (κ3) is 3.87. The molecular weight excluding hydrogens is 218 g/mol. The summed E-state index contributed by atoms with van der Waals surface area (Å²) in [5.41, 5.74) is 0.419. The molecule has 0 heterocycles. The second-order valence-electron chi connectivity index (χ2n) is 3.23. The number of amides is 1. The summed E-state index contributed by atoms with van der Waals surface area (Å²) in [6.07, 6.45) is 1.36. The zero-order valence-corrected chi connectivity index (χ0v) is 9.40. The van der Waals surface area contributed by atoms with Crippen LogP contribution in [0.4, 0.5) is 5.69 Å². The number of nitrogens with one attached hydrogen (secondary N) is 2. The minimum atomic E-state index is -0.515. The minimum absolute atomic E-state index is 0.0183. The zero-order valence-electron chi connectivity index (χ0n) is 9.40. The molecule has 0 saturated heterocycles. The van der Waals surface area contributed by atoms with Gasteiger partial charge in [-0.1, -0.05) is 6.07 Å². The molecule has 0 aliphatic heterocycles. The molecule has 1 rings (SSSR count). The SMILES string of the molecule is CCN/C=C(/C#N)C(=O)Nc1cccc(O)c1. The van der Waals surface area contributed by atoms with E-state index < -0.39 is 5.91 Å². The van der Waals surface area contributed by atoms with Gasteiger partial charge < -0.3 is 15.7 Å². The number of aromatic hydroxyl groups is 1. The van der Waals surface area contributed by atoms with Crippen LogP contribution in [-0.2, 0) is 4.79 Å². The van der Waals surface area contributed by atoms with E-state index in [1.165, 1.54) is 18.3 Å². The van der Waals surface area contributed by atoms with Gasteiger partial charge in [-0.25, -0.2) is 0 Å². The molecule has 0 unspecified atom stereocenters. The van der Waals surface area contributed by atoms with Gasteiger partial charge in [0.15, 0.2) is 0 Å². The molecule has 0 aliphatic rings. The Balaban J connectivity index is 2.75. The Morgan fingerprint density at radius 2 is 2.35 bits per heavy atom.